The number of fused-ring (bicyclic) bond motifs is 2. The maximum Gasteiger partial charge on any atom is 0.199 e. The summed E-state index contributed by atoms with van der Waals surface area (Å²) in [5.74, 6) is 1.93. The summed E-state index contributed by atoms with van der Waals surface area (Å²) in [6.45, 7) is 3.23. The van der Waals surface area contributed by atoms with Gasteiger partial charge in [0, 0.05) is 42.2 Å². The number of benzene rings is 1. The molecule has 5 nitrogen and oxygen atoms in total. The van der Waals surface area contributed by atoms with Gasteiger partial charge < -0.3 is 14.8 Å². The van der Waals surface area contributed by atoms with Gasteiger partial charge in [-0.15, -0.1) is 0 Å². The number of rotatable bonds is 2. The van der Waals surface area contributed by atoms with Crippen LogP contribution in [0.3, 0.4) is 0 Å². The van der Waals surface area contributed by atoms with Crippen LogP contribution in [-0.2, 0) is 6.42 Å². The number of hydrogen-bond acceptors (Lipinski definition) is 5. The first kappa shape index (κ1) is 16.7. The van der Waals surface area contributed by atoms with Crippen LogP contribution >= 0.6 is 12.2 Å². The molecule has 2 aliphatic heterocycles. The van der Waals surface area contributed by atoms with Crippen molar-refractivity contribution in [2.75, 3.05) is 20.2 Å². The van der Waals surface area contributed by atoms with Crippen molar-refractivity contribution in [3.8, 4) is 17.3 Å². The van der Waals surface area contributed by atoms with Gasteiger partial charge in [0.25, 0.3) is 0 Å². The number of likely N-dealkylation sites (tertiary alicyclic amines) is 1. The summed E-state index contributed by atoms with van der Waals surface area (Å²) in [7, 11) is 2.09. The van der Waals surface area contributed by atoms with Crippen molar-refractivity contribution >= 4 is 12.2 Å². The van der Waals surface area contributed by atoms with Gasteiger partial charge in [0.15, 0.2) is 5.88 Å². The van der Waals surface area contributed by atoms with Crippen LogP contribution in [0.4, 0.5) is 0 Å². The minimum absolute atomic E-state index is 0.0417. The second kappa shape index (κ2) is 6.52. The molecule has 6 heteroatoms. The fourth-order valence-electron chi connectivity index (χ4n) is 4.07. The molecule has 3 heterocycles. The number of aromatic nitrogens is 2. The van der Waals surface area contributed by atoms with E-state index in [0.717, 1.165) is 35.8 Å². The molecule has 25 heavy (non-hydrogen) atoms. The number of nitrogens with zero attached hydrogens (tertiary/aromatic N) is 2. The zero-order valence-corrected chi connectivity index (χ0v) is 15.3. The molecule has 1 saturated heterocycles. The summed E-state index contributed by atoms with van der Waals surface area (Å²) in [6, 6.07) is 10.2. The van der Waals surface area contributed by atoms with Crippen molar-refractivity contribution in [3.63, 3.8) is 0 Å². The zero-order chi connectivity index (χ0) is 17.6. The summed E-state index contributed by atoms with van der Waals surface area (Å²) in [5, 5.41) is 9.81. The van der Waals surface area contributed by atoms with E-state index in [0.29, 0.717) is 4.64 Å². The predicted molar refractivity (Wildman–Crippen MR) is 99.1 cm³/mol. The number of H-pyrrole nitrogens is 1. The predicted octanol–water partition coefficient (Wildman–Crippen LogP) is 2.67. The van der Waals surface area contributed by atoms with Gasteiger partial charge in [-0.05, 0) is 20.4 Å². The first-order valence-electron chi connectivity index (χ1n) is 8.75. The average molecular weight is 357 g/mol. The Labute approximate surface area is 152 Å². The van der Waals surface area contributed by atoms with Crippen LogP contribution in [0.15, 0.2) is 30.3 Å². The summed E-state index contributed by atoms with van der Waals surface area (Å²) < 4.78 is 6.97. The lowest BCUT2D eigenvalue weighted by atomic mass is 9.76. The number of ether oxygens (including phenoxy) is 1. The smallest absolute Gasteiger partial charge is 0.199 e. The quantitative estimate of drug-likeness (QED) is 0.809. The highest BCUT2D eigenvalue weighted by Crippen LogP contribution is 2.39. The molecule has 2 aromatic rings. The number of aliphatic hydroxyl groups is 1. The van der Waals surface area contributed by atoms with Gasteiger partial charge in [0.2, 0.25) is 0 Å². The van der Waals surface area contributed by atoms with E-state index in [1.807, 2.05) is 30.3 Å². The molecule has 0 bridgehead atoms. The first-order chi connectivity index (χ1) is 12.1. The molecular weight excluding hydrogens is 334 g/mol. The third-order valence-electron chi connectivity index (χ3n) is 5.67. The third-order valence-corrected chi connectivity index (χ3v) is 6.01. The Bertz CT molecular complexity index is 823. The Morgan fingerprint density at radius 2 is 2.12 bits per heavy atom. The maximum atomic E-state index is 9.81. The van der Waals surface area contributed by atoms with Gasteiger partial charge in [-0.3, -0.25) is 4.90 Å². The molecule has 132 valence electrons. The van der Waals surface area contributed by atoms with E-state index >= 15 is 0 Å². The highest BCUT2D eigenvalue weighted by atomic mass is 32.1. The number of piperidine rings is 1. The van der Waals surface area contributed by atoms with Gasteiger partial charge >= 0.3 is 0 Å². The number of aromatic amines is 1. The van der Waals surface area contributed by atoms with E-state index in [2.05, 4.69) is 28.8 Å². The summed E-state index contributed by atoms with van der Waals surface area (Å²) in [4.78, 5) is 10.2. The summed E-state index contributed by atoms with van der Waals surface area (Å²) in [5.41, 5.74) is 1.95. The van der Waals surface area contributed by atoms with Gasteiger partial charge in [-0.25, -0.2) is 4.98 Å². The topological polar surface area (TPSA) is 61.4 Å². The average Bonchev–Trinajstić information content (AvgIpc) is 2.64. The molecule has 1 fully saturated rings. The van der Waals surface area contributed by atoms with Crippen LogP contribution in [-0.4, -0.2) is 52.3 Å². The van der Waals surface area contributed by atoms with Crippen LogP contribution in [0.5, 0.6) is 5.88 Å². The van der Waals surface area contributed by atoms with Crippen LogP contribution < -0.4 is 4.74 Å². The lowest BCUT2D eigenvalue weighted by Crippen LogP contribution is -2.58. The van der Waals surface area contributed by atoms with Crippen LogP contribution in [0.2, 0.25) is 0 Å². The molecule has 1 aromatic carbocycles. The SMILES string of the molecule is CC1C2Oc3[nH]c(-c4ccccc4)nc(=S)c3CC2C(CO)CN1C. The number of likely N-dealkylation sites (N-methyl/N-ethyl adjacent to an activating group) is 1. The van der Waals surface area contributed by atoms with Crippen molar-refractivity contribution in [1.29, 1.82) is 0 Å². The van der Waals surface area contributed by atoms with Crippen LogP contribution in [0.25, 0.3) is 11.4 Å². The largest absolute Gasteiger partial charge is 0.473 e. The molecule has 0 aliphatic carbocycles. The fourth-order valence-corrected chi connectivity index (χ4v) is 4.34. The number of hydrogen-bond donors (Lipinski definition) is 2. The second-order valence-corrected chi connectivity index (χ2v) is 7.52. The van der Waals surface area contributed by atoms with Gasteiger partial charge in [-0.2, -0.15) is 0 Å². The first-order valence-corrected chi connectivity index (χ1v) is 9.15. The Balaban J connectivity index is 1.75. The van der Waals surface area contributed by atoms with Crippen molar-refractivity contribution in [1.82, 2.24) is 14.9 Å². The highest BCUT2D eigenvalue weighted by Gasteiger charge is 2.45. The minimum Gasteiger partial charge on any atom is -0.473 e. The number of aliphatic hydroxyl groups excluding tert-OH is 1. The molecule has 1 aromatic heterocycles. The Morgan fingerprint density at radius 3 is 2.84 bits per heavy atom. The lowest BCUT2D eigenvalue weighted by Gasteiger charge is -2.48. The highest BCUT2D eigenvalue weighted by molar-refractivity contribution is 7.71. The molecule has 4 atom stereocenters. The second-order valence-electron chi connectivity index (χ2n) is 7.14. The molecule has 0 saturated carbocycles. The summed E-state index contributed by atoms with van der Waals surface area (Å²) >= 11 is 5.56. The van der Waals surface area contributed by atoms with E-state index in [9.17, 15) is 5.11 Å². The van der Waals surface area contributed by atoms with Crippen molar-refractivity contribution < 1.29 is 9.84 Å². The van der Waals surface area contributed by atoms with E-state index in [-0.39, 0.29) is 30.6 Å². The Hall–Kier alpha value is -1.76. The standard InChI is InChI=1S/C19H23N3O2S/c1-11-16-14(13(10-23)9-22(11)2)8-15-18(24-16)20-17(21-19(15)25)12-6-4-3-5-7-12/h3-7,11,13-14,16,23H,8-10H2,1-2H3,(H,20,21,25). The van der Waals surface area contributed by atoms with E-state index in [4.69, 9.17) is 17.0 Å². The van der Waals surface area contributed by atoms with Crippen molar-refractivity contribution in [2.45, 2.75) is 25.5 Å². The van der Waals surface area contributed by atoms with Crippen LogP contribution in [0.1, 0.15) is 12.5 Å². The molecule has 0 spiro atoms. The van der Waals surface area contributed by atoms with Crippen molar-refractivity contribution in [2.24, 2.45) is 11.8 Å². The molecular formula is C19H23N3O2S. The van der Waals surface area contributed by atoms with Gasteiger partial charge in [0.05, 0.1) is 0 Å². The summed E-state index contributed by atoms with van der Waals surface area (Å²) in [6.07, 6.45) is 0.848. The Kier molecular flexibility index (Phi) is 4.35. The lowest BCUT2D eigenvalue weighted by molar-refractivity contribution is -0.0558. The molecule has 4 rings (SSSR count). The molecule has 0 amide bonds. The van der Waals surface area contributed by atoms with E-state index < -0.39 is 0 Å². The third kappa shape index (κ3) is 2.88. The fraction of sp³-hybridized carbons (Fsp3) is 0.474. The van der Waals surface area contributed by atoms with E-state index in [1.54, 1.807) is 0 Å². The maximum absolute atomic E-state index is 9.81. The number of nitrogens with one attached hydrogen (secondary N) is 1. The normalized spacial score (nSPS) is 28.8. The zero-order valence-electron chi connectivity index (χ0n) is 14.5. The molecule has 0 radical (unpaired) electrons. The molecule has 4 unspecified atom stereocenters. The monoisotopic (exact) mass is 357 g/mol. The Morgan fingerprint density at radius 1 is 1.36 bits per heavy atom. The van der Waals surface area contributed by atoms with Crippen LogP contribution in [0, 0.1) is 16.5 Å². The van der Waals surface area contributed by atoms with E-state index in [1.165, 1.54) is 0 Å². The molecule has 2 N–H and O–H groups in total. The minimum atomic E-state index is 0.0417. The van der Waals surface area contributed by atoms with Gasteiger partial charge in [-0.1, -0.05) is 42.5 Å². The van der Waals surface area contributed by atoms with Crippen molar-refractivity contribution in [3.05, 3.63) is 40.5 Å². The van der Waals surface area contributed by atoms with Gasteiger partial charge in [0.1, 0.15) is 16.6 Å². The molecule has 2 aliphatic rings.